The maximum atomic E-state index is 12.2. The molecular weight excluding hydrogens is 218 g/mol. The summed E-state index contributed by atoms with van der Waals surface area (Å²) in [6, 6.07) is 0. The van der Waals surface area contributed by atoms with Gasteiger partial charge in [-0.3, -0.25) is 9.59 Å². The molecule has 1 fully saturated rings. The van der Waals surface area contributed by atoms with Crippen molar-refractivity contribution in [2.45, 2.75) is 32.6 Å². The molecule has 4 nitrogen and oxygen atoms in total. The zero-order valence-electron chi connectivity index (χ0n) is 10.4. The fourth-order valence-corrected chi connectivity index (χ4v) is 2.41. The third-order valence-corrected chi connectivity index (χ3v) is 3.29. The van der Waals surface area contributed by atoms with E-state index in [2.05, 4.69) is 6.58 Å². The Morgan fingerprint density at radius 3 is 2.53 bits per heavy atom. The molecule has 1 rings (SSSR count). The van der Waals surface area contributed by atoms with Crippen molar-refractivity contribution in [3.05, 3.63) is 12.7 Å². The van der Waals surface area contributed by atoms with Gasteiger partial charge >= 0.3 is 5.97 Å². The summed E-state index contributed by atoms with van der Waals surface area (Å²) in [5, 5.41) is 8.92. The SMILES string of the molecule is C=CCN(CCC)C(=O)C1CCC(C(=O)O)C1. The van der Waals surface area contributed by atoms with Crippen LogP contribution in [-0.2, 0) is 9.59 Å². The number of carbonyl (C=O) groups excluding carboxylic acids is 1. The van der Waals surface area contributed by atoms with Crippen LogP contribution in [0.3, 0.4) is 0 Å². The number of amides is 1. The van der Waals surface area contributed by atoms with E-state index in [0.29, 0.717) is 25.8 Å². The van der Waals surface area contributed by atoms with Gasteiger partial charge in [-0.1, -0.05) is 13.0 Å². The normalized spacial score (nSPS) is 23.4. The highest BCUT2D eigenvalue weighted by Crippen LogP contribution is 2.32. The smallest absolute Gasteiger partial charge is 0.306 e. The molecule has 4 heteroatoms. The molecular formula is C13H21NO3. The Labute approximate surface area is 102 Å². The predicted octanol–water partition coefficient (Wildman–Crippen LogP) is 1.91. The zero-order valence-corrected chi connectivity index (χ0v) is 10.4. The third kappa shape index (κ3) is 3.58. The maximum absolute atomic E-state index is 12.2. The van der Waals surface area contributed by atoms with E-state index in [0.717, 1.165) is 13.0 Å². The number of carboxylic acids is 1. The monoisotopic (exact) mass is 239 g/mol. The van der Waals surface area contributed by atoms with E-state index in [9.17, 15) is 9.59 Å². The molecule has 1 N–H and O–H groups in total. The average Bonchev–Trinajstić information content (AvgIpc) is 2.77. The van der Waals surface area contributed by atoms with Crippen LogP contribution in [0, 0.1) is 11.8 Å². The van der Waals surface area contributed by atoms with Crippen LogP contribution < -0.4 is 0 Å². The lowest BCUT2D eigenvalue weighted by Gasteiger charge is -2.23. The summed E-state index contributed by atoms with van der Waals surface area (Å²) in [4.78, 5) is 24.8. The summed E-state index contributed by atoms with van der Waals surface area (Å²) in [6.45, 7) is 6.95. The van der Waals surface area contributed by atoms with Crippen molar-refractivity contribution < 1.29 is 14.7 Å². The molecule has 0 aromatic heterocycles. The second-order valence-corrected chi connectivity index (χ2v) is 4.62. The van der Waals surface area contributed by atoms with E-state index in [-0.39, 0.29) is 17.7 Å². The van der Waals surface area contributed by atoms with E-state index < -0.39 is 5.97 Å². The molecule has 1 saturated carbocycles. The molecule has 2 unspecified atom stereocenters. The quantitative estimate of drug-likeness (QED) is 0.720. The Balaban J connectivity index is 2.56. The van der Waals surface area contributed by atoms with Gasteiger partial charge in [-0.2, -0.15) is 0 Å². The minimum atomic E-state index is -0.772. The number of carboxylic acid groups (broad SMARTS) is 1. The Morgan fingerprint density at radius 1 is 1.41 bits per heavy atom. The second-order valence-electron chi connectivity index (χ2n) is 4.62. The minimum Gasteiger partial charge on any atom is -0.481 e. The van der Waals surface area contributed by atoms with E-state index in [1.165, 1.54) is 0 Å². The minimum absolute atomic E-state index is 0.0931. The molecule has 0 aromatic carbocycles. The molecule has 17 heavy (non-hydrogen) atoms. The van der Waals surface area contributed by atoms with Gasteiger partial charge in [0.05, 0.1) is 5.92 Å². The summed E-state index contributed by atoms with van der Waals surface area (Å²) in [5.74, 6) is -1.12. The van der Waals surface area contributed by atoms with Crippen LogP contribution in [0.1, 0.15) is 32.6 Å². The van der Waals surface area contributed by atoms with Crippen LogP contribution in [0.15, 0.2) is 12.7 Å². The number of hydrogen-bond donors (Lipinski definition) is 1. The molecule has 0 aliphatic heterocycles. The number of hydrogen-bond acceptors (Lipinski definition) is 2. The van der Waals surface area contributed by atoms with Crippen LogP contribution in [0.4, 0.5) is 0 Å². The Kier molecular flexibility index (Phi) is 5.19. The number of nitrogens with zero attached hydrogens (tertiary/aromatic N) is 1. The lowest BCUT2D eigenvalue weighted by Crippen LogP contribution is -2.36. The van der Waals surface area contributed by atoms with Crippen LogP contribution in [0.5, 0.6) is 0 Å². The largest absolute Gasteiger partial charge is 0.481 e. The van der Waals surface area contributed by atoms with Gasteiger partial charge in [-0.25, -0.2) is 0 Å². The lowest BCUT2D eigenvalue weighted by atomic mass is 10.0. The predicted molar refractivity (Wildman–Crippen MR) is 65.5 cm³/mol. The van der Waals surface area contributed by atoms with E-state index in [1.54, 1.807) is 11.0 Å². The van der Waals surface area contributed by atoms with Crippen molar-refractivity contribution in [3.63, 3.8) is 0 Å². The second kappa shape index (κ2) is 6.42. The summed E-state index contributed by atoms with van der Waals surface area (Å²) < 4.78 is 0. The van der Waals surface area contributed by atoms with Gasteiger partial charge in [0.1, 0.15) is 0 Å². The van der Waals surface area contributed by atoms with E-state index >= 15 is 0 Å². The van der Waals surface area contributed by atoms with Gasteiger partial charge in [0, 0.05) is 19.0 Å². The maximum Gasteiger partial charge on any atom is 0.306 e. The van der Waals surface area contributed by atoms with Crippen molar-refractivity contribution in [1.29, 1.82) is 0 Å². The zero-order chi connectivity index (χ0) is 12.8. The highest BCUT2D eigenvalue weighted by molar-refractivity contribution is 5.81. The van der Waals surface area contributed by atoms with Gasteiger partial charge in [-0.05, 0) is 25.7 Å². The van der Waals surface area contributed by atoms with Crippen molar-refractivity contribution in [1.82, 2.24) is 4.90 Å². The Morgan fingerprint density at radius 2 is 2.06 bits per heavy atom. The summed E-state index contributed by atoms with van der Waals surface area (Å²) in [7, 11) is 0. The number of aliphatic carboxylic acids is 1. The molecule has 1 amide bonds. The van der Waals surface area contributed by atoms with Crippen molar-refractivity contribution in [2.24, 2.45) is 11.8 Å². The van der Waals surface area contributed by atoms with Gasteiger partial charge in [0.25, 0.3) is 0 Å². The summed E-state index contributed by atoms with van der Waals surface area (Å²) in [5.41, 5.74) is 0. The number of rotatable bonds is 6. The standard InChI is InChI=1S/C13H21NO3/c1-3-7-14(8-4-2)12(15)10-5-6-11(9-10)13(16)17/h3,10-11H,1,4-9H2,2H3,(H,16,17). The van der Waals surface area contributed by atoms with Crippen LogP contribution in [0.2, 0.25) is 0 Å². The Bertz CT molecular complexity index is 301. The first-order valence-corrected chi connectivity index (χ1v) is 6.22. The first-order valence-electron chi connectivity index (χ1n) is 6.22. The molecule has 1 aliphatic carbocycles. The van der Waals surface area contributed by atoms with E-state index in [1.807, 2.05) is 6.92 Å². The van der Waals surface area contributed by atoms with Gasteiger partial charge in [0.2, 0.25) is 5.91 Å². The van der Waals surface area contributed by atoms with Crippen molar-refractivity contribution >= 4 is 11.9 Å². The van der Waals surface area contributed by atoms with Gasteiger partial charge in [-0.15, -0.1) is 6.58 Å². The topological polar surface area (TPSA) is 57.6 Å². The molecule has 1 aliphatic rings. The lowest BCUT2D eigenvalue weighted by molar-refractivity contribution is -0.141. The molecule has 0 saturated heterocycles. The van der Waals surface area contributed by atoms with Crippen LogP contribution in [-0.4, -0.2) is 35.0 Å². The highest BCUT2D eigenvalue weighted by Gasteiger charge is 2.35. The summed E-state index contributed by atoms with van der Waals surface area (Å²) in [6.07, 6.45) is 4.45. The number of carbonyl (C=O) groups is 2. The summed E-state index contributed by atoms with van der Waals surface area (Å²) >= 11 is 0. The molecule has 0 aromatic rings. The Hall–Kier alpha value is -1.32. The molecule has 0 bridgehead atoms. The van der Waals surface area contributed by atoms with Crippen LogP contribution in [0.25, 0.3) is 0 Å². The molecule has 0 heterocycles. The third-order valence-electron chi connectivity index (χ3n) is 3.29. The highest BCUT2D eigenvalue weighted by atomic mass is 16.4. The van der Waals surface area contributed by atoms with Crippen molar-refractivity contribution in [3.8, 4) is 0 Å². The van der Waals surface area contributed by atoms with Crippen molar-refractivity contribution in [2.75, 3.05) is 13.1 Å². The molecule has 0 radical (unpaired) electrons. The average molecular weight is 239 g/mol. The first-order chi connectivity index (χ1) is 8.10. The molecule has 96 valence electrons. The molecule has 2 atom stereocenters. The fraction of sp³-hybridized carbons (Fsp3) is 0.692. The molecule has 0 spiro atoms. The van der Waals surface area contributed by atoms with Gasteiger partial charge < -0.3 is 10.0 Å². The van der Waals surface area contributed by atoms with E-state index in [4.69, 9.17) is 5.11 Å². The first kappa shape index (κ1) is 13.7. The fourth-order valence-electron chi connectivity index (χ4n) is 2.41. The van der Waals surface area contributed by atoms with Crippen LogP contribution >= 0.6 is 0 Å². The van der Waals surface area contributed by atoms with Gasteiger partial charge in [0.15, 0.2) is 0 Å².